The van der Waals surface area contributed by atoms with E-state index in [1.807, 2.05) is 24.3 Å². The summed E-state index contributed by atoms with van der Waals surface area (Å²) in [6.07, 6.45) is 0. The molecule has 4 nitrogen and oxygen atoms in total. The summed E-state index contributed by atoms with van der Waals surface area (Å²) in [5.41, 5.74) is 0.907. The fraction of sp³-hybridized carbons (Fsp3) is 0.133. The van der Waals surface area contributed by atoms with Crippen LogP contribution in [-0.4, -0.2) is 5.97 Å². The predicted molar refractivity (Wildman–Crippen MR) is 69.2 cm³/mol. The van der Waals surface area contributed by atoms with Crippen molar-refractivity contribution in [2.24, 2.45) is 0 Å². The summed E-state index contributed by atoms with van der Waals surface area (Å²) in [5, 5.41) is 12.7. The standard InChI is InChI=1S/C15H14O4/c1-10(16)18-9-12-3-4-14-8-15(19-11(2)17)6-5-13(14)7-12/h3-8,17H,2,9H2,1H3/p-1. The van der Waals surface area contributed by atoms with Crippen LogP contribution >= 0.6 is 0 Å². The van der Waals surface area contributed by atoms with Crippen molar-refractivity contribution in [2.75, 3.05) is 0 Å². The molecular weight excluding hydrogens is 244 g/mol. The Morgan fingerprint density at radius 3 is 2.58 bits per heavy atom. The number of ether oxygens (including phenoxy) is 2. The van der Waals surface area contributed by atoms with Gasteiger partial charge in [0.05, 0.1) is 0 Å². The van der Waals surface area contributed by atoms with Crippen molar-refractivity contribution in [2.45, 2.75) is 13.5 Å². The SMILES string of the molecule is C=C([O-])Oc1ccc2cc(COC(C)=O)ccc2c1. The summed E-state index contributed by atoms with van der Waals surface area (Å²) in [4.78, 5) is 10.8. The van der Waals surface area contributed by atoms with Crippen molar-refractivity contribution >= 4 is 16.7 Å². The van der Waals surface area contributed by atoms with Crippen molar-refractivity contribution < 1.29 is 19.4 Å². The van der Waals surface area contributed by atoms with Crippen LogP contribution in [0.15, 0.2) is 48.9 Å². The van der Waals surface area contributed by atoms with E-state index in [0.29, 0.717) is 5.75 Å². The molecule has 0 aliphatic heterocycles. The average molecular weight is 257 g/mol. The number of fused-ring (bicyclic) bond motifs is 1. The van der Waals surface area contributed by atoms with E-state index in [-0.39, 0.29) is 12.6 Å². The van der Waals surface area contributed by atoms with Crippen LogP contribution in [0.1, 0.15) is 12.5 Å². The third kappa shape index (κ3) is 3.48. The van der Waals surface area contributed by atoms with Gasteiger partial charge in [-0.05, 0) is 34.5 Å². The first kappa shape index (κ1) is 13.0. The van der Waals surface area contributed by atoms with Crippen LogP contribution in [-0.2, 0) is 16.1 Å². The number of hydrogen-bond donors (Lipinski definition) is 0. The fourth-order valence-electron chi connectivity index (χ4n) is 1.74. The van der Waals surface area contributed by atoms with Gasteiger partial charge >= 0.3 is 5.97 Å². The van der Waals surface area contributed by atoms with Gasteiger partial charge in [0.15, 0.2) is 0 Å². The van der Waals surface area contributed by atoms with Crippen molar-refractivity contribution in [3.63, 3.8) is 0 Å². The Labute approximate surface area is 110 Å². The van der Waals surface area contributed by atoms with Gasteiger partial charge < -0.3 is 14.6 Å². The molecule has 4 heteroatoms. The minimum Gasteiger partial charge on any atom is -0.580 e. The summed E-state index contributed by atoms with van der Waals surface area (Å²) in [6, 6.07) is 11.0. The second-order valence-corrected chi connectivity index (χ2v) is 4.10. The van der Waals surface area contributed by atoms with Gasteiger partial charge in [-0.2, -0.15) is 0 Å². The lowest BCUT2D eigenvalue weighted by Gasteiger charge is -2.14. The Morgan fingerprint density at radius 1 is 1.21 bits per heavy atom. The van der Waals surface area contributed by atoms with E-state index < -0.39 is 5.95 Å². The molecule has 0 saturated heterocycles. The Hall–Kier alpha value is -2.49. The molecule has 0 bridgehead atoms. The van der Waals surface area contributed by atoms with E-state index in [1.165, 1.54) is 6.92 Å². The van der Waals surface area contributed by atoms with Gasteiger partial charge in [-0.3, -0.25) is 4.79 Å². The number of benzene rings is 2. The zero-order valence-corrected chi connectivity index (χ0v) is 10.5. The van der Waals surface area contributed by atoms with E-state index in [0.717, 1.165) is 16.3 Å². The van der Waals surface area contributed by atoms with E-state index in [4.69, 9.17) is 9.47 Å². The molecule has 0 aromatic heterocycles. The third-order valence-corrected chi connectivity index (χ3v) is 2.55. The molecule has 98 valence electrons. The number of hydrogen-bond acceptors (Lipinski definition) is 4. The average Bonchev–Trinajstić information content (AvgIpc) is 2.35. The maximum absolute atomic E-state index is 10.8. The molecule has 2 aromatic rings. The van der Waals surface area contributed by atoms with Crippen molar-refractivity contribution in [3.05, 3.63) is 54.5 Å². The summed E-state index contributed by atoms with van der Waals surface area (Å²) in [6.45, 7) is 4.79. The molecule has 0 atom stereocenters. The summed E-state index contributed by atoms with van der Waals surface area (Å²) >= 11 is 0. The van der Waals surface area contributed by atoms with Crippen LogP contribution < -0.4 is 9.84 Å². The van der Waals surface area contributed by atoms with Crippen molar-refractivity contribution in [1.29, 1.82) is 0 Å². The molecule has 0 spiro atoms. The number of carbonyl (C=O) groups is 1. The second kappa shape index (κ2) is 5.44. The summed E-state index contributed by atoms with van der Waals surface area (Å²) in [5.74, 6) is -0.441. The van der Waals surface area contributed by atoms with Crippen LogP contribution in [0.2, 0.25) is 0 Å². The predicted octanol–water partition coefficient (Wildman–Crippen LogP) is 2.11. The molecule has 0 aliphatic rings. The van der Waals surface area contributed by atoms with Crippen LogP contribution in [0.4, 0.5) is 0 Å². The molecule has 0 N–H and O–H groups in total. The van der Waals surface area contributed by atoms with Crippen LogP contribution in [0, 0.1) is 0 Å². The van der Waals surface area contributed by atoms with E-state index in [2.05, 4.69) is 6.58 Å². The van der Waals surface area contributed by atoms with Gasteiger partial charge in [-0.15, -0.1) is 0 Å². The highest BCUT2D eigenvalue weighted by atomic mass is 16.6. The first-order valence-electron chi connectivity index (χ1n) is 5.74. The van der Waals surface area contributed by atoms with E-state index in [9.17, 15) is 9.90 Å². The Morgan fingerprint density at radius 2 is 1.89 bits per heavy atom. The number of esters is 1. The van der Waals surface area contributed by atoms with Gasteiger partial charge in [0.1, 0.15) is 6.61 Å². The maximum Gasteiger partial charge on any atom is 0.302 e. The summed E-state index contributed by atoms with van der Waals surface area (Å²) < 4.78 is 9.85. The van der Waals surface area contributed by atoms with Gasteiger partial charge in [0, 0.05) is 18.6 Å². The van der Waals surface area contributed by atoms with Gasteiger partial charge in [0.2, 0.25) is 0 Å². The molecule has 0 saturated carbocycles. The zero-order chi connectivity index (χ0) is 13.8. The van der Waals surface area contributed by atoms with Crippen molar-refractivity contribution in [3.8, 4) is 5.75 Å². The normalized spacial score (nSPS) is 10.2. The maximum atomic E-state index is 10.8. The Kier molecular flexibility index (Phi) is 3.71. The minimum atomic E-state index is -0.592. The smallest absolute Gasteiger partial charge is 0.302 e. The molecule has 2 aromatic carbocycles. The first-order chi connectivity index (χ1) is 9.04. The molecule has 0 radical (unpaired) electrons. The molecular formula is C15H13O4-. The van der Waals surface area contributed by atoms with E-state index in [1.54, 1.807) is 12.1 Å². The van der Waals surface area contributed by atoms with Gasteiger partial charge in [0.25, 0.3) is 0 Å². The van der Waals surface area contributed by atoms with Gasteiger partial charge in [-0.25, -0.2) is 0 Å². The monoisotopic (exact) mass is 257 g/mol. The lowest BCUT2D eigenvalue weighted by Crippen LogP contribution is -2.08. The molecule has 0 amide bonds. The van der Waals surface area contributed by atoms with Gasteiger partial charge in [-0.1, -0.05) is 24.8 Å². The summed E-state index contributed by atoms with van der Waals surface area (Å²) in [7, 11) is 0. The second-order valence-electron chi connectivity index (χ2n) is 4.10. The largest absolute Gasteiger partial charge is 0.580 e. The topological polar surface area (TPSA) is 58.6 Å². The van der Waals surface area contributed by atoms with Crippen LogP contribution in [0.25, 0.3) is 10.8 Å². The first-order valence-corrected chi connectivity index (χ1v) is 5.74. The van der Waals surface area contributed by atoms with Crippen LogP contribution in [0.3, 0.4) is 0 Å². The van der Waals surface area contributed by atoms with Crippen LogP contribution in [0.5, 0.6) is 5.75 Å². The highest BCUT2D eigenvalue weighted by molar-refractivity contribution is 5.84. The van der Waals surface area contributed by atoms with Crippen molar-refractivity contribution in [1.82, 2.24) is 0 Å². The quantitative estimate of drug-likeness (QED) is 0.621. The highest BCUT2D eigenvalue weighted by Crippen LogP contribution is 2.23. The molecule has 0 heterocycles. The molecule has 19 heavy (non-hydrogen) atoms. The molecule has 0 unspecified atom stereocenters. The third-order valence-electron chi connectivity index (χ3n) is 2.55. The molecule has 0 aliphatic carbocycles. The fourth-order valence-corrected chi connectivity index (χ4v) is 1.74. The molecule has 0 fully saturated rings. The number of rotatable bonds is 4. The molecule has 2 rings (SSSR count). The number of carbonyl (C=O) groups excluding carboxylic acids is 1. The lowest BCUT2D eigenvalue weighted by atomic mass is 10.1. The van der Waals surface area contributed by atoms with E-state index >= 15 is 0 Å². The zero-order valence-electron chi connectivity index (χ0n) is 10.5. The highest BCUT2D eigenvalue weighted by Gasteiger charge is 2.00. The Balaban J connectivity index is 2.24. The minimum absolute atomic E-state index is 0.251. The Bertz CT molecular complexity index is 631. The lowest BCUT2D eigenvalue weighted by molar-refractivity contribution is -0.341.